The molecule has 0 saturated carbocycles. The summed E-state index contributed by atoms with van der Waals surface area (Å²) in [6, 6.07) is 4.42. The molecule has 7 nitrogen and oxygen atoms in total. The van der Waals surface area contributed by atoms with Crippen LogP contribution in [0.2, 0.25) is 0 Å². The quantitative estimate of drug-likeness (QED) is 0.583. The Balaban J connectivity index is 1.74. The van der Waals surface area contributed by atoms with E-state index >= 15 is 0 Å². The molecular weight excluding hydrogens is 362 g/mol. The van der Waals surface area contributed by atoms with Gasteiger partial charge < -0.3 is 14.0 Å². The van der Waals surface area contributed by atoms with E-state index in [-0.39, 0.29) is 11.5 Å². The van der Waals surface area contributed by atoms with E-state index in [1.165, 1.54) is 42.3 Å². The predicted octanol–water partition coefficient (Wildman–Crippen LogP) is 3.49. The Labute approximate surface area is 143 Å². The highest BCUT2D eigenvalue weighted by atomic mass is 32.2. The van der Waals surface area contributed by atoms with Crippen molar-refractivity contribution in [2.75, 3.05) is 7.11 Å². The number of methoxy groups -OCH3 is 1. The number of halogens is 2. The third-order valence-corrected chi connectivity index (χ3v) is 4.61. The summed E-state index contributed by atoms with van der Waals surface area (Å²) < 4.78 is 40.1. The average Bonchev–Trinajstić information content (AvgIpc) is 3.24. The zero-order valence-corrected chi connectivity index (χ0v) is 13.8. The largest absolute Gasteiger partial charge is 0.493 e. The maximum absolute atomic E-state index is 12.3. The summed E-state index contributed by atoms with van der Waals surface area (Å²) in [5.41, 5.74) is 2.20. The van der Waals surface area contributed by atoms with Crippen molar-refractivity contribution in [3.05, 3.63) is 29.6 Å². The second-order valence-corrected chi connectivity index (χ2v) is 6.30. The Bertz CT molecular complexity index is 798. The number of ether oxygens (including phenoxy) is 2. The highest BCUT2D eigenvalue weighted by Gasteiger charge is 2.15. The molecule has 0 amide bonds. The Morgan fingerprint density at radius 3 is 2.92 bits per heavy atom. The molecule has 0 bridgehead atoms. The van der Waals surface area contributed by atoms with Gasteiger partial charge in [0, 0.05) is 5.56 Å². The topological polar surface area (TPSA) is 83.2 Å². The molecule has 3 aromatic rings. The van der Waals surface area contributed by atoms with Crippen molar-refractivity contribution in [1.82, 2.24) is 20.3 Å². The lowest BCUT2D eigenvalue weighted by Crippen LogP contribution is -2.03. The predicted molar refractivity (Wildman–Crippen MR) is 82.4 cm³/mol. The number of nitrogens with zero attached hydrogens (tertiary/aromatic N) is 4. The van der Waals surface area contributed by atoms with Crippen LogP contribution in [0.3, 0.4) is 0 Å². The molecule has 0 spiro atoms. The van der Waals surface area contributed by atoms with Crippen LogP contribution in [0.4, 0.5) is 8.78 Å². The molecule has 0 aliphatic carbocycles. The van der Waals surface area contributed by atoms with Gasteiger partial charge in [-0.1, -0.05) is 28.3 Å². The van der Waals surface area contributed by atoms with Crippen LogP contribution in [0.15, 0.2) is 32.6 Å². The number of hydrogen-bond donors (Lipinski definition) is 0. The number of benzene rings is 1. The van der Waals surface area contributed by atoms with Crippen molar-refractivity contribution < 1.29 is 22.8 Å². The summed E-state index contributed by atoms with van der Waals surface area (Å²) in [6.45, 7) is -2.93. The molecule has 0 aliphatic rings. The zero-order valence-electron chi connectivity index (χ0n) is 12.2. The van der Waals surface area contributed by atoms with Crippen LogP contribution >= 0.6 is 23.1 Å². The lowest BCUT2D eigenvalue weighted by Gasteiger charge is -2.10. The van der Waals surface area contributed by atoms with Gasteiger partial charge in [-0.15, -0.1) is 10.2 Å². The van der Waals surface area contributed by atoms with Gasteiger partial charge in [0.15, 0.2) is 15.8 Å². The van der Waals surface area contributed by atoms with Gasteiger partial charge in [0.05, 0.1) is 12.9 Å². The minimum absolute atomic E-state index is 0.0632. The van der Waals surface area contributed by atoms with Crippen LogP contribution in [-0.4, -0.2) is 34.1 Å². The summed E-state index contributed by atoms with van der Waals surface area (Å²) >= 11 is 2.84. The van der Waals surface area contributed by atoms with Gasteiger partial charge in [0.1, 0.15) is 5.51 Å². The first kappa shape index (κ1) is 16.6. The molecule has 24 heavy (non-hydrogen) atoms. The van der Waals surface area contributed by atoms with E-state index in [9.17, 15) is 8.78 Å². The van der Waals surface area contributed by atoms with Crippen molar-refractivity contribution in [3.63, 3.8) is 0 Å². The Hall–Kier alpha value is -2.27. The Morgan fingerprint density at radius 1 is 1.33 bits per heavy atom. The second kappa shape index (κ2) is 7.53. The molecule has 0 saturated heterocycles. The van der Waals surface area contributed by atoms with Crippen molar-refractivity contribution in [1.29, 1.82) is 0 Å². The molecule has 1 aromatic carbocycles. The molecule has 0 radical (unpaired) electrons. The minimum Gasteiger partial charge on any atom is -0.493 e. The monoisotopic (exact) mass is 372 g/mol. The molecule has 2 aromatic heterocycles. The summed E-state index contributed by atoms with van der Waals surface area (Å²) in [6.07, 6.45) is 0. The first-order chi connectivity index (χ1) is 11.7. The smallest absolute Gasteiger partial charge is 0.387 e. The van der Waals surface area contributed by atoms with Crippen molar-refractivity contribution >= 4 is 23.1 Å². The molecule has 0 unspecified atom stereocenters. The third-order valence-electron chi connectivity index (χ3n) is 2.77. The molecule has 0 aliphatic heterocycles. The molecule has 0 fully saturated rings. The summed E-state index contributed by atoms with van der Waals surface area (Å²) in [5, 5.41) is 11.5. The lowest BCUT2D eigenvalue weighted by atomic mass is 10.2. The fraction of sp³-hybridized carbons (Fsp3) is 0.231. The van der Waals surface area contributed by atoms with Gasteiger partial charge in [-0.05, 0) is 18.2 Å². The number of hydrogen-bond acceptors (Lipinski definition) is 9. The standard InChI is InChI=1S/C13H10F2N4O3S2/c1-20-9-4-7(2-3-8(9)21-12(14)15)11-17-10(22-19-11)5-23-13-18-16-6-24-13/h2-4,6,12H,5H2,1H3. The van der Waals surface area contributed by atoms with E-state index in [4.69, 9.17) is 9.26 Å². The van der Waals surface area contributed by atoms with Gasteiger partial charge >= 0.3 is 6.61 Å². The van der Waals surface area contributed by atoms with Gasteiger partial charge in [-0.3, -0.25) is 0 Å². The van der Waals surface area contributed by atoms with Gasteiger partial charge in [0.2, 0.25) is 11.7 Å². The van der Waals surface area contributed by atoms with Crippen molar-refractivity contribution in [2.24, 2.45) is 0 Å². The van der Waals surface area contributed by atoms with E-state index < -0.39 is 6.61 Å². The fourth-order valence-electron chi connectivity index (χ4n) is 1.78. The lowest BCUT2D eigenvalue weighted by molar-refractivity contribution is -0.0512. The van der Waals surface area contributed by atoms with Crippen molar-refractivity contribution in [3.8, 4) is 22.9 Å². The van der Waals surface area contributed by atoms with Gasteiger partial charge in [-0.25, -0.2) is 0 Å². The molecule has 0 N–H and O–H groups in total. The molecule has 2 heterocycles. The van der Waals surface area contributed by atoms with E-state index in [0.717, 1.165) is 4.34 Å². The Morgan fingerprint density at radius 2 is 2.21 bits per heavy atom. The molecule has 0 atom stereocenters. The summed E-state index contributed by atoms with van der Waals surface area (Å²) in [5.74, 6) is 1.28. The van der Waals surface area contributed by atoms with Gasteiger partial charge in [-0.2, -0.15) is 13.8 Å². The first-order valence-corrected chi connectivity index (χ1v) is 8.37. The van der Waals surface area contributed by atoms with E-state index in [1.807, 2.05) is 0 Å². The maximum atomic E-state index is 12.3. The zero-order chi connectivity index (χ0) is 16.9. The SMILES string of the molecule is COc1cc(-c2noc(CSc3nncs3)n2)ccc1OC(F)F. The number of aromatic nitrogens is 4. The van der Waals surface area contributed by atoms with E-state index in [2.05, 4.69) is 25.1 Å². The average molecular weight is 372 g/mol. The molecule has 11 heteroatoms. The minimum atomic E-state index is -2.93. The fourth-order valence-corrected chi connectivity index (χ4v) is 3.11. The van der Waals surface area contributed by atoms with Crippen LogP contribution in [0.5, 0.6) is 11.5 Å². The number of rotatable bonds is 7. The van der Waals surface area contributed by atoms with E-state index in [0.29, 0.717) is 23.0 Å². The van der Waals surface area contributed by atoms with Crippen LogP contribution in [0.1, 0.15) is 5.89 Å². The first-order valence-electron chi connectivity index (χ1n) is 6.50. The second-order valence-electron chi connectivity index (χ2n) is 4.25. The highest BCUT2D eigenvalue weighted by Crippen LogP contribution is 2.33. The molecular formula is C13H10F2N4O3S2. The van der Waals surface area contributed by atoms with E-state index in [1.54, 1.807) is 11.6 Å². The van der Waals surface area contributed by atoms with Crippen LogP contribution in [0.25, 0.3) is 11.4 Å². The number of thioether (sulfide) groups is 1. The molecule has 126 valence electrons. The van der Waals surface area contributed by atoms with Crippen LogP contribution in [0, 0.1) is 0 Å². The maximum Gasteiger partial charge on any atom is 0.387 e. The van der Waals surface area contributed by atoms with Crippen LogP contribution in [-0.2, 0) is 5.75 Å². The van der Waals surface area contributed by atoms with Crippen LogP contribution < -0.4 is 9.47 Å². The normalized spacial score (nSPS) is 11.0. The van der Waals surface area contributed by atoms with Crippen molar-refractivity contribution in [2.45, 2.75) is 16.7 Å². The summed E-state index contributed by atoms with van der Waals surface area (Å²) in [7, 11) is 1.36. The Kier molecular flexibility index (Phi) is 5.20. The number of alkyl halides is 2. The molecule has 3 rings (SSSR count). The third kappa shape index (κ3) is 3.97. The highest BCUT2D eigenvalue weighted by molar-refractivity contribution is 8.00. The summed E-state index contributed by atoms with van der Waals surface area (Å²) in [4.78, 5) is 4.26. The van der Waals surface area contributed by atoms with Gasteiger partial charge in [0.25, 0.3) is 0 Å².